The smallest absolute Gasteiger partial charge is 0.224 e. The summed E-state index contributed by atoms with van der Waals surface area (Å²) in [5.41, 5.74) is 5.59. The Labute approximate surface area is 92.6 Å². The molecule has 0 bridgehead atoms. The third kappa shape index (κ3) is 6.47. The van der Waals surface area contributed by atoms with E-state index in [4.69, 9.17) is 10.5 Å². The maximum absolute atomic E-state index is 11.7. The van der Waals surface area contributed by atoms with Gasteiger partial charge in [0, 0.05) is 26.3 Å². The van der Waals surface area contributed by atoms with Crippen molar-refractivity contribution in [3.63, 3.8) is 0 Å². The van der Waals surface area contributed by atoms with Crippen molar-refractivity contribution in [3.05, 3.63) is 0 Å². The van der Waals surface area contributed by atoms with Crippen LogP contribution in [0.25, 0.3) is 0 Å². The zero-order valence-electron chi connectivity index (χ0n) is 10.2. The zero-order valence-corrected chi connectivity index (χ0v) is 10.2. The van der Waals surface area contributed by atoms with Gasteiger partial charge in [-0.2, -0.15) is 0 Å². The van der Waals surface area contributed by atoms with Crippen LogP contribution in [0.15, 0.2) is 0 Å². The minimum atomic E-state index is -0.0995. The summed E-state index contributed by atoms with van der Waals surface area (Å²) in [6, 6.07) is 0.171. The molecule has 90 valence electrons. The molecule has 0 radical (unpaired) electrons. The molecule has 15 heavy (non-hydrogen) atoms. The minimum absolute atomic E-state index is 0.0513. The van der Waals surface area contributed by atoms with Gasteiger partial charge in [-0.05, 0) is 26.2 Å². The Balaban J connectivity index is 4.05. The number of nitrogens with two attached hydrogens (primary N) is 1. The van der Waals surface area contributed by atoms with E-state index in [9.17, 15) is 4.79 Å². The fraction of sp³-hybridized carbons (Fsp3) is 0.909. The van der Waals surface area contributed by atoms with Crippen molar-refractivity contribution in [2.75, 3.05) is 20.3 Å². The molecular formula is C11H24N2O2. The summed E-state index contributed by atoms with van der Waals surface area (Å²) in [6.45, 7) is 7.03. The molecule has 2 atom stereocenters. The first-order valence-corrected chi connectivity index (χ1v) is 5.50. The van der Waals surface area contributed by atoms with Gasteiger partial charge in [0.25, 0.3) is 0 Å². The van der Waals surface area contributed by atoms with Gasteiger partial charge in [-0.1, -0.05) is 6.92 Å². The Morgan fingerprint density at radius 1 is 1.40 bits per heavy atom. The van der Waals surface area contributed by atoms with Crippen LogP contribution in [0.1, 0.15) is 27.2 Å². The second-order valence-corrected chi connectivity index (χ2v) is 4.39. The number of methoxy groups -OCH3 is 1. The second kappa shape index (κ2) is 7.65. The Morgan fingerprint density at radius 2 is 2.00 bits per heavy atom. The van der Waals surface area contributed by atoms with Gasteiger partial charge in [0.15, 0.2) is 0 Å². The molecule has 0 aromatic carbocycles. The summed E-state index contributed by atoms with van der Waals surface area (Å²) in [6.07, 6.45) is 0.781. The van der Waals surface area contributed by atoms with Gasteiger partial charge >= 0.3 is 0 Å². The highest BCUT2D eigenvalue weighted by molar-refractivity contribution is 5.79. The molecule has 1 amide bonds. The highest BCUT2D eigenvalue weighted by Crippen LogP contribution is 2.12. The highest BCUT2D eigenvalue weighted by atomic mass is 16.5. The van der Waals surface area contributed by atoms with Crippen LogP contribution in [0, 0.1) is 11.8 Å². The standard InChI is InChI=1S/C11H24N2O2/c1-8(2)13-11(14)10(6-12)5-9(3)7-15-4/h8-10H,5-7,12H2,1-4H3,(H,13,14). The first-order valence-electron chi connectivity index (χ1n) is 5.50. The largest absolute Gasteiger partial charge is 0.384 e. The molecule has 0 fully saturated rings. The molecule has 0 spiro atoms. The van der Waals surface area contributed by atoms with Crippen molar-refractivity contribution >= 4 is 5.91 Å². The van der Waals surface area contributed by atoms with E-state index in [0.717, 1.165) is 6.42 Å². The summed E-state index contributed by atoms with van der Waals surface area (Å²) in [4.78, 5) is 11.7. The molecule has 0 aromatic heterocycles. The molecule has 0 saturated heterocycles. The summed E-state index contributed by atoms with van der Waals surface area (Å²) in [7, 11) is 1.67. The SMILES string of the molecule is COCC(C)CC(CN)C(=O)NC(C)C. The molecule has 4 nitrogen and oxygen atoms in total. The van der Waals surface area contributed by atoms with Crippen LogP contribution in [0.5, 0.6) is 0 Å². The molecule has 4 heteroatoms. The number of carbonyl (C=O) groups is 1. The van der Waals surface area contributed by atoms with Crippen molar-refractivity contribution < 1.29 is 9.53 Å². The molecule has 0 heterocycles. The quantitative estimate of drug-likeness (QED) is 0.660. The van der Waals surface area contributed by atoms with Crippen LogP contribution >= 0.6 is 0 Å². The molecule has 3 N–H and O–H groups in total. The zero-order chi connectivity index (χ0) is 11.8. The van der Waals surface area contributed by atoms with Crippen LogP contribution in [-0.2, 0) is 9.53 Å². The lowest BCUT2D eigenvalue weighted by molar-refractivity contribution is -0.125. The first-order chi connectivity index (χ1) is 7.01. The lowest BCUT2D eigenvalue weighted by Crippen LogP contribution is -2.39. The van der Waals surface area contributed by atoms with Gasteiger partial charge in [-0.3, -0.25) is 4.79 Å². The number of hydrogen-bond acceptors (Lipinski definition) is 3. The van der Waals surface area contributed by atoms with Crippen molar-refractivity contribution in [3.8, 4) is 0 Å². The normalized spacial score (nSPS) is 15.1. The summed E-state index contributed by atoms with van der Waals surface area (Å²) in [5, 5.41) is 2.88. The summed E-state index contributed by atoms with van der Waals surface area (Å²) < 4.78 is 5.04. The van der Waals surface area contributed by atoms with Crippen molar-refractivity contribution in [1.29, 1.82) is 0 Å². The average Bonchev–Trinajstić information content (AvgIpc) is 2.13. The number of amides is 1. The third-order valence-electron chi connectivity index (χ3n) is 2.22. The van der Waals surface area contributed by atoms with E-state index in [1.807, 2.05) is 13.8 Å². The fourth-order valence-electron chi connectivity index (χ4n) is 1.55. The maximum atomic E-state index is 11.7. The van der Waals surface area contributed by atoms with E-state index < -0.39 is 0 Å². The van der Waals surface area contributed by atoms with E-state index in [0.29, 0.717) is 19.1 Å². The predicted molar refractivity (Wildman–Crippen MR) is 61.5 cm³/mol. The lowest BCUT2D eigenvalue weighted by atomic mass is 9.95. The van der Waals surface area contributed by atoms with Crippen LogP contribution in [0.3, 0.4) is 0 Å². The molecular weight excluding hydrogens is 192 g/mol. The summed E-state index contributed by atoms with van der Waals surface area (Å²) >= 11 is 0. The molecule has 0 aliphatic rings. The lowest BCUT2D eigenvalue weighted by Gasteiger charge is -2.20. The second-order valence-electron chi connectivity index (χ2n) is 4.39. The molecule has 2 unspecified atom stereocenters. The topological polar surface area (TPSA) is 64.3 Å². The van der Waals surface area contributed by atoms with E-state index in [1.54, 1.807) is 7.11 Å². The van der Waals surface area contributed by atoms with Gasteiger partial charge in [-0.25, -0.2) is 0 Å². The Bertz CT molecular complexity index is 183. The summed E-state index contributed by atoms with van der Waals surface area (Å²) in [5.74, 6) is 0.314. The van der Waals surface area contributed by atoms with Crippen LogP contribution in [0.4, 0.5) is 0 Å². The number of ether oxygens (including phenoxy) is 1. The van der Waals surface area contributed by atoms with Gasteiger partial charge < -0.3 is 15.8 Å². The van der Waals surface area contributed by atoms with E-state index in [2.05, 4.69) is 12.2 Å². The van der Waals surface area contributed by atoms with Crippen molar-refractivity contribution in [2.24, 2.45) is 17.6 Å². The number of nitrogens with one attached hydrogen (secondary N) is 1. The number of carbonyl (C=O) groups excluding carboxylic acids is 1. The monoisotopic (exact) mass is 216 g/mol. The Hall–Kier alpha value is -0.610. The van der Waals surface area contributed by atoms with Gasteiger partial charge in [0.1, 0.15) is 0 Å². The van der Waals surface area contributed by atoms with E-state index in [1.165, 1.54) is 0 Å². The third-order valence-corrected chi connectivity index (χ3v) is 2.22. The van der Waals surface area contributed by atoms with Crippen LogP contribution in [0.2, 0.25) is 0 Å². The van der Waals surface area contributed by atoms with Gasteiger partial charge in [-0.15, -0.1) is 0 Å². The van der Waals surface area contributed by atoms with E-state index >= 15 is 0 Å². The number of hydrogen-bond donors (Lipinski definition) is 2. The fourth-order valence-corrected chi connectivity index (χ4v) is 1.55. The molecule has 0 aliphatic carbocycles. The maximum Gasteiger partial charge on any atom is 0.224 e. The highest BCUT2D eigenvalue weighted by Gasteiger charge is 2.19. The molecule has 0 aliphatic heterocycles. The Morgan fingerprint density at radius 3 is 2.40 bits per heavy atom. The van der Waals surface area contributed by atoms with Crippen LogP contribution < -0.4 is 11.1 Å². The van der Waals surface area contributed by atoms with Crippen LogP contribution in [-0.4, -0.2) is 32.2 Å². The minimum Gasteiger partial charge on any atom is -0.384 e. The van der Waals surface area contributed by atoms with E-state index in [-0.39, 0.29) is 17.9 Å². The van der Waals surface area contributed by atoms with Crippen molar-refractivity contribution in [1.82, 2.24) is 5.32 Å². The van der Waals surface area contributed by atoms with Gasteiger partial charge in [0.2, 0.25) is 5.91 Å². The Kier molecular flexibility index (Phi) is 7.34. The first kappa shape index (κ1) is 14.4. The average molecular weight is 216 g/mol. The predicted octanol–water partition coefficient (Wildman–Crippen LogP) is 0.759. The van der Waals surface area contributed by atoms with Crippen molar-refractivity contribution in [2.45, 2.75) is 33.2 Å². The molecule has 0 saturated carbocycles. The molecule has 0 aromatic rings. The van der Waals surface area contributed by atoms with Gasteiger partial charge in [0.05, 0.1) is 5.92 Å². The number of rotatable bonds is 7. The molecule has 0 rings (SSSR count).